The van der Waals surface area contributed by atoms with Crippen LogP contribution >= 0.6 is 11.8 Å². The van der Waals surface area contributed by atoms with Gasteiger partial charge in [-0.25, -0.2) is 4.79 Å². The molecule has 444 valence electrons. The quantitative estimate of drug-likeness (QED) is 0.0296. The molecular weight excluding hydrogens is 1070 g/mol. The second-order valence-corrected chi connectivity index (χ2v) is 20.5. The van der Waals surface area contributed by atoms with Gasteiger partial charge in [-0.2, -0.15) is 11.8 Å². The van der Waals surface area contributed by atoms with E-state index in [0.29, 0.717) is 24.0 Å². The summed E-state index contributed by atoms with van der Waals surface area (Å²) in [6, 6.07) is 0.501. The molecule has 0 radical (unpaired) electrons. The molecule has 0 saturated heterocycles. The smallest absolute Gasteiger partial charge is 0.326 e. The SMILES string of the molecule is CSCC[C@H](NC(=O)[C@H](CCC(N)=O)NC(=O)[C@H](Cc1ccccc1)NC(=O)[C@H](Cc1ccc(O)cc1)NC(=O)[C@H](CCCCN)NC(=O)[C@@H](N)[C@@H](C)O)C(=O)N[C@@H](CO)C(=O)N[C@@H](CC(C)C)C(=O)N[C@@H](CCC(=O)O)C(=O)O. The standard InChI is InChI=1S/C52H79N11O16S/c1-28(2)24-37(47(73)59-36(52(78)79)18-20-42(68)69)60-50(76)40(27-64)63-46(72)35(21-23-80-4)57-45(71)34(17-19-41(54)67)56-48(74)38(25-30-10-6-5-7-11-30)62-49(75)39(26-31-13-15-32(66)16-14-31)61-44(70)33(12-8-9-22-53)58-51(77)43(55)29(3)65/h5-7,10-11,13-16,28-29,33-40,43,64-66H,8-9,12,17-27,53,55H2,1-4H3,(H2,54,67)(H,56,74)(H,57,71)(H,58,77)(H,59,73)(H,60,76)(H,61,70)(H,62,75)(H,63,72)(H,68,69)(H,78,79)/t29-,33+,34+,35+,36+,37+,38+,39+,40+,43+/m1/s1. The molecule has 27 nitrogen and oxygen atoms in total. The fourth-order valence-electron chi connectivity index (χ4n) is 7.77. The Labute approximate surface area is 467 Å². The number of hydrogen-bond acceptors (Lipinski definition) is 17. The monoisotopic (exact) mass is 1150 g/mol. The Hall–Kier alpha value is -7.40. The summed E-state index contributed by atoms with van der Waals surface area (Å²) < 4.78 is 0. The Morgan fingerprint density at radius 3 is 1.44 bits per heavy atom. The van der Waals surface area contributed by atoms with Crippen LogP contribution in [0.1, 0.15) is 89.7 Å². The van der Waals surface area contributed by atoms with Crippen LogP contribution in [0.25, 0.3) is 0 Å². The second kappa shape index (κ2) is 36.0. The van der Waals surface area contributed by atoms with E-state index < -0.39 is 158 Å². The number of unbranched alkanes of at least 4 members (excludes halogenated alkanes) is 1. The number of nitrogens with two attached hydrogens (primary N) is 3. The zero-order chi connectivity index (χ0) is 60.1. The van der Waals surface area contributed by atoms with E-state index in [1.807, 2.05) is 0 Å². The van der Waals surface area contributed by atoms with Gasteiger partial charge in [0.05, 0.1) is 12.7 Å². The highest BCUT2D eigenvalue weighted by Crippen LogP contribution is 2.15. The Morgan fingerprint density at radius 1 is 0.537 bits per heavy atom. The van der Waals surface area contributed by atoms with Crippen molar-refractivity contribution in [3.63, 3.8) is 0 Å². The number of carboxylic acid groups (broad SMARTS) is 2. The van der Waals surface area contributed by atoms with Gasteiger partial charge in [0.1, 0.15) is 60.1 Å². The number of carboxylic acids is 2. The van der Waals surface area contributed by atoms with Gasteiger partial charge in [-0.3, -0.25) is 47.9 Å². The van der Waals surface area contributed by atoms with Crippen molar-refractivity contribution in [3.05, 3.63) is 65.7 Å². The van der Waals surface area contributed by atoms with Crippen molar-refractivity contribution in [2.45, 2.75) is 152 Å². The van der Waals surface area contributed by atoms with Crippen LogP contribution in [-0.2, 0) is 65.6 Å². The van der Waals surface area contributed by atoms with Crippen LogP contribution in [0, 0.1) is 5.92 Å². The molecule has 0 saturated carbocycles. The van der Waals surface area contributed by atoms with Crippen LogP contribution in [0.3, 0.4) is 0 Å². The second-order valence-electron chi connectivity index (χ2n) is 19.5. The average molecular weight is 1150 g/mol. The zero-order valence-electron chi connectivity index (χ0n) is 45.3. The lowest BCUT2D eigenvalue weighted by Crippen LogP contribution is -2.61. The summed E-state index contributed by atoms with van der Waals surface area (Å²) in [7, 11) is 0. The minimum atomic E-state index is -1.74. The van der Waals surface area contributed by atoms with Crippen LogP contribution in [0.15, 0.2) is 54.6 Å². The predicted molar refractivity (Wildman–Crippen MR) is 292 cm³/mol. The molecular formula is C52H79N11O16S. The van der Waals surface area contributed by atoms with E-state index in [2.05, 4.69) is 42.5 Å². The van der Waals surface area contributed by atoms with Crippen LogP contribution in [-0.4, -0.2) is 176 Å². The van der Waals surface area contributed by atoms with Crippen LogP contribution in [0.4, 0.5) is 0 Å². The number of phenols is 1. The fraction of sp³-hybridized carbons (Fsp3) is 0.558. The summed E-state index contributed by atoms with van der Waals surface area (Å²) in [5, 5.41) is 68.7. The highest BCUT2D eigenvalue weighted by molar-refractivity contribution is 7.98. The Balaban J connectivity index is 2.51. The number of carbonyl (C=O) groups is 11. The van der Waals surface area contributed by atoms with Gasteiger partial charge in [-0.1, -0.05) is 56.3 Å². The number of hydrogen-bond donors (Lipinski definition) is 16. The lowest BCUT2D eigenvalue weighted by molar-refractivity contribution is -0.143. The van der Waals surface area contributed by atoms with Crippen molar-refractivity contribution in [2.75, 3.05) is 25.2 Å². The van der Waals surface area contributed by atoms with Gasteiger partial charge in [0.2, 0.25) is 53.2 Å². The molecule has 0 aliphatic heterocycles. The number of nitrogens with one attached hydrogen (secondary N) is 8. The molecule has 28 heteroatoms. The number of phenolic OH excluding ortho intramolecular Hbond substituents is 1. The summed E-state index contributed by atoms with van der Waals surface area (Å²) in [5.74, 6) is -11.5. The van der Waals surface area contributed by atoms with Crippen molar-refractivity contribution in [2.24, 2.45) is 23.1 Å². The van der Waals surface area contributed by atoms with Gasteiger partial charge in [0.25, 0.3) is 0 Å². The van der Waals surface area contributed by atoms with Gasteiger partial charge in [-0.05, 0) is 99.6 Å². The molecule has 9 amide bonds. The third kappa shape index (κ3) is 25.6. The normalized spacial score (nSPS) is 14.9. The molecule has 2 aromatic rings. The first-order valence-corrected chi connectivity index (χ1v) is 27.4. The molecule has 0 spiro atoms. The maximum absolute atomic E-state index is 14.5. The number of aromatic hydroxyl groups is 1. The van der Waals surface area contributed by atoms with Crippen molar-refractivity contribution < 1.29 is 78.3 Å². The molecule has 0 aliphatic carbocycles. The Kier molecular flexibility index (Phi) is 30.9. The lowest BCUT2D eigenvalue weighted by atomic mass is 10.0. The number of thioether (sulfide) groups is 1. The highest BCUT2D eigenvalue weighted by atomic mass is 32.2. The first-order chi connectivity index (χ1) is 37.8. The van der Waals surface area contributed by atoms with E-state index in [0.717, 1.165) is 0 Å². The molecule has 2 aromatic carbocycles. The maximum atomic E-state index is 14.5. The van der Waals surface area contributed by atoms with Gasteiger partial charge in [0, 0.05) is 25.7 Å². The number of amides is 9. The lowest BCUT2D eigenvalue weighted by Gasteiger charge is -2.28. The van der Waals surface area contributed by atoms with Crippen LogP contribution in [0.2, 0.25) is 0 Å². The molecule has 19 N–H and O–H groups in total. The van der Waals surface area contributed by atoms with Crippen LogP contribution < -0.4 is 59.7 Å². The maximum Gasteiger partial charge on any atom is 0.326 e. The van der Waals surface area contributed by atoms with E-state index >= 15 is 0 Å². The van der Waals surface area contributed by atoms with Crippen LogP contribution in [0.5, 0.6) is 5.75 Å². The third-order valence-corrected chi connectivity index (χ3v) is 12.9. The summed E-state index contributed by atoms with van der Waals surface area (Å²) in [5.41, 5.74) is 18.0. The number of aliphatic hydroxyl groups is 2. The number of rotatable bonds is 38. The molecule has 0 aliphatic rings. The topological polar surface area (TPSA) is 463 Å². The summed E-state index contributed by atoms with van der Waals surface area (Å²) in [4.78, 5) is 146. The number of carbonyl (C=O) groups excluding carboxylic acids is 9. The third-order valence-electron chi connectivity index (χ3n) is 12.3. The predicted octanol–water partition coefficient (Wildman–Crippen LogP) is -3.10. The number of aliphatic hydroxyl groups excluding tert-OH is 2. The first kappa shape index (κ1) is 68.7. The number of benzene rings is 2. The fourth-order valence-corrected chi connectivity index (χ4v) is 8.24. The van der Waals surface area contributed by atoms with Gasteiger partial charge in [0.15, 0.2) is 0 Å². The van der Waals surface area contributed by atoms with Crippen molar-refractivity contribution in [1.29, 1.82) is 0 Å². The van der Waals surface area contributed by atoms with E-state index in [9.17, 15) is 73.2 Å². The van der Waals surface area contributed by atoms with Gasteiger partial charge >= 0.3 is 11.9 Å². The van der Waals surface area contributed by atoms with Crippen molar-refractivity contribution in [1.82, 2.24) is 42.5 Å². The molecule has 10 atom stereocenters. The minimum absolute atomic E-state index is 0.0496. The number of primary amides is 1. The zero-order valence-corrected chi connectivity index (χ0v) is 46.1. The van der Waals surface area contributed by atoms with Crippen molar-refractivity contribution in [3.8, 4) is 5.75 Å². The highest BCUT2D eigenvalue weighted by Gasteiger charge is 2.36. The largest absolute Gasteiger partial charge is 0.508 e. The minimum Gasteiger partial charge on any atom is -0.508 e. The molecule has 80 heavy (non-hydrogen) atoms. The summed E-state index contributed by atoms with van der Waals surface area (Å²) >= 11 is 1.27. The van der Waals surface area contributed by atoms with E-state index in [1.165, 1.54) is 43.0 Å². The molecule has 0 heterocycles. The Bertz CT molecular complexity index is 2380. The van der Waals surface area contributed by atoms with E-state index in [1.54, 1.807) is 50.4 Å². The van der Waals surface area contributed by atoms with E-state index in [4.69, 9.17) is 22.3 Å². The molecule has 2 rings (SSSR count). The van der Waals surface area contributed by atoms with Gasteiger partial charge in [-0.15, -0.1) is 0 Å². The summed E-state index contributed by atoms with van der Waals surface area (Å²) in [6.45, 7) is 3.92. The van der Waals surface area contributed by atoms with Crippen molar-refractivity contribution >= 4 is 76.9 Å². The molecule has 0 fully saturated rings. The molecule has 0 bridgehead atoms. The summed E-state index contributed by atoms with van der Waals surface area (Å²) in [6.07, 6.45) is -1.21. The molecule has 0 aromatic heterocycles. The number of aliphatic carboxylic acids is 2. The van der Waals surface area contributed by atoms with E-state index in [-0.39, 0.29) is 56.1 Å². The average Bonchev–Trinajstić information content (AvgIpc) is 3.40. The van der Waals surface area contributed by atoms with Gasteiger partial charge < -0.3 is 85.3 Å². The first-order valence-electron chi connectivity index (χ1n) is 26.0. The Morgan fingerprint density at radius 2 is 0.963 bits per heavy atom. The molecule has 0 unspecified atom stereocenters.